The summed E-state index contributed by atoms with van der Waals surface area (Å²) in [5.41, 5.74) is 7.21. The molecule has 16 heavy (non-hydrogen) atoms. The number of nitrogens with zero attached hydrogens (tertiary/aromatic N) is 2. The third-order valence-electron chi connectivity index (χ3n) is 2.53. The topological polar surface area (TPSA) is 72.9 Å². The maximum Gasteiger partial charge on any atom is 0.254 e. The molecule has 0 saturated carbocycles. The highest BCUT2D eigenvalue weighted by molar-refractivity contribution is 5.95. The minimum Gasteiger partial charge on any atom is -0.350 e. The smallest absolute Gasteiger partial charge is 0.254 e. The molecule has 0 saturated heterocycles. The molecule has 1 rings (SSSR count). The van der Waals surface area contributed by atoms with Gasteiger partial charge in [-0.15, -0.1) is 0 Å². The lowest BCUT2D eigenvalue weighted by atomic mass is 10.2. The summed E-state index contributed by atoms with van der Waals surface area (Å²) < 4.78 is 1.66. The molecule has 5 heteroatoms. The van der Waals surface area contributed by atoms with E-state index in [9.17, 15) is 4.79 Å². The van der Waals surface area contributed by atoms with Gasteiger partial charge in [-0.05, 0) is 12.8 Å². The molecule has 1 amide bonds. The van der Waals surface area contributed by atoms with Gasteiger partial charge in [0.25, 0.3) is 5.91 Å². The van der Waals surface area contributed by atoms with Gasteiger partial charge >= 0.3 is 0 Å². The number of aryl methyl sites for hydroxylation is 2. The molecule has 0 radical (unpaired) electrons. The van der Waals surface area contributed by atoms with Crippen molar-refractivity contribution in [1.82, 2.24) is 15.1 Å². The average Bonchev–Trinajstić information content (AvgIpc) is 2.66. The third kappa shape index (κ3) is 3.06. The molecule has 90 valence electrons. The molecule has 1 heterocycles. The van der Waals surface area contributed by atoms with Gasteiger partial charge in [0.05, 0.1) is 11.3 Å². The number of amides is 1. The molecule has 0 aliphatic rings. The second-order valence-corrected chi connectivity index (χ2v) is 3.90. The lowest BCUT2D eigenvalue weighted by Crippen LogP contribution is -2.36. The van der Waals surface area contributed by atoms with Gasteiger partial charge in [-0.25, -0.2) is 0 Å². The average molecular weight is 224 g/mol. The molecule has 0 aromatic carbocycles. The highest BCUT2D eigenvalue weighted by atomic mass is 16.1. The molecule has 0 aliphatic heterocycles. The summed E-state index contributed by atoms with van der Waals surface area (Å²) in [5, 5.41) is 7.04. The van der Waals surface area contributed by atoms with Crippen molar-refractivity contribution >= 4 is 5.91 Å². The molecule has 0 bridgehead atoms. The van der Waals surface area contributed by atoms with Crippen LogP contribution in [0.5, 0.6) is 0 Å². The van der Waals surface area contributed by atoms with Crippen molar-refractivity contribution in [2.75, 3.05) is 6.54 Å². The number of carbonyl (C=O) groups excluding carboxylic acids is 1. The van der Waals surface area contributed by atoms with Crippen molar-refractivity contribution in [1.29, 1.82) is 0 Å². The van der Waals surface area contributed by atoms with Gasteiger partial charge in [0.2, 0.25) is 0 Å². The SMILES string of the molecule is CCc1nn(C)cc1C(=O)NCC(N)CC. The first-order valence-corrected chi connectivity index (χ1v) is 5.64. The van der Waals surface area contributed by atoms with E-state index in [4.69, 9.17) is 5.73 Å². The Bertz CT molecular complexity index is 359. The number of hydrogen-bond acceptors (Lipinski definition) is 3. The number of nitrogens with one attached hydrogen (secondary N) is 1. The first kappa shape index (κ1) is 12.7. The predicted octanol–water partition coefficient (Wildman–Crippen LogP) is 0.450. The molecule has 0 fully saturated rings. The number of nitrogens with two attached hydrogens (primary N) is 1. The van der Waals surface area contributed by atoms with E-state index in [0.717, 1.165) is 18.5 Å². The van der Waals surface area contributed by atoms with Crippen LogP contribution in [0.15, 0.2) is 6.20 Å². The zero-order valence-electron chi connectivity index (χ0n) is 10.2. The molecule has 5 nitrogen and oxygen atoms in total. The minimum absolute atomic E-state index is 0.0192. The van der Waals surface area contributed by atoms with Crippen LogP contribution in [-0.2, 0) is 13.5 Å². The Kier molecular flexibility index (Phi) is 4.49. The van der Waals surface area contributed by atoms with E-state index in [2.05, 4.69) is 10.4 Å². The van der Waals surface area contributed by atoms with E-state index < -0.39 is 0 Å². The Morgan fingerprint density at radius 1 is 1.62 bits per heavy atom. The molecular formula is C11H20N4O. The first-order valence-electron chi connectivity index (χ1n) is 5.64. The zero-order valence-corrected chi connectivity index (χ0v) is 10.2. The number of rotatable bonds is 5. The van der Waals surface area contributed by atoms with Crippen molar-refractivity contribution < 1.29 is 4.79 Å². The van der Waals surface area contributed by atoms with Crippen molar-refractivity contribution in [3.63, 3.8) is 0 Å². The Morgan fingerprint density at radius 3 is 2.88 bits per heavy atom. The van der Waals surface area contributed by atoms with Crippen LogP contribution in [-0.4, -0.2) is 28.3 Å². The predicted molar refractivity (Wildman–Crippen MR) is 63.2 cm³/mol. The third-order valence-corrected chi connectivity index (χ3v) is 2.53. The first-order chi connectivity index (χ1) is 7.58. The van der Waals surface area contributed by atoms with Crippen molar-refractivity contribution in [3.05, 3.63) is 17.5 Å². The highest BCUT2D eigenvalue weighted by Crippen LogP contribution is 2.06. The number of aromatic nitrogens is 2. The molecule has 1 aromatic heterocycles. The lowest BCUT2D eigenvalue weighted by Gasteiger charge is -2.09. The van der Waals surface area contributed by atoms with Gasteiger partial charge < -0.3 is 11.1 Å². The van der Waals surface area contributed by atoms with Crippen molar-refractivity contribution in [2.45, 2.75) is 32.7 Å². The van der Waals surface area contributed by atoms with Gasteiger partial charge in [0.1, 0.15) is 0 Å². The highest BCUT2D eigenvalue weighted by Gasteiger charge is 2.14. The molecule has 0 spiro atoms. The van der Waals surface area contributed by atoms with E-state index in [0.29, 0.717) is 12.1 Å². The normalized spacial score (nSPS) is 12.5. The second-order valence-electron chi connectivity index (χ2n) is 3.90. The molecule has 3 N–H and O–H groups in total. The van der Waals surface area contributed by atoms with Gasteiger partial charge in [-0.1, -0.05) is 13.8 Å². The van der Waals surface area contributed by atoms with Gasteiger partial charge in [0.15, 0.2) is 0 Å². The fraction of sp³-hybridized carbons (Fsp3) is 0.636. The van der Waals surface area contributed by atoms with E-state index in [1.54, 1.807) is 10.9 Å². The van der Waals surface area contributed by atoms with Crippen molar-refractivity contribution in [2.24, 2.45) is 12.8 Å². The van der Waals surface area contributed by atoms with Crippen LogP contribution in [0.25, 0.3) is 0 Å². The van der Waals surface area contributed by atoms with Crippen LogP contribution in [0.1, 0.15) is 36.3 Å². The van der Waals surface area contributed by atoms with Gasteiger partial charge in [-0.2, -0.15) is 5.10 Å². The van der Waals surface area contributed by atoms with Crippen molar-refractivity contribution in [3.8, 4) is 0 Å². The summed E-state index contributed by atoms with van der Waals surface area (Å²) in [5.74, 6) is -0.0890. The maximum atomic E-state index is 11.8. The quantitative estimate of drug-likeness (QED) is 0.762. The number of carbonyl (C=O) groups is 1. The Morgan fingerprint density at radius 2 is 2.31 bits per heavy atom. The zero-order chi connectivity index (χ0) is 12.1. The van der Waals surface area contributed by atoms with Gasteiger partial charge in [-0.3, -0.25) is 9.48 Å². The molecule has 0 aliphatic carbocycles. The standard InChI is InChI=1S/C11H20N4O/c1-4-8(12)6-13-11(16)9-7-15(3)14-10(9)5-2/h7-8H,4-6,12H2,1-3H3,(H,13,16). The second kappa shape index (κ2) is 5.65. The van der Waals surface area contributed by atoms with Crippen LogP contribution in [0.2, 0.25) is 0 Å². The molecule has 1 atom stereocenters. The summed E-state index contributed by atoms with van der Waals surface area (Å²) in [6.45, 7) is 4.49. The van der Waals surface area contributed by atoms with Gasteiger partial charge in [0, 0.05) is 25.8 Å². The van der Waals surface area contributed by atoms with Crippen LogP contribution in [0.4, 0.5) is 0 Å². The van der Waals surface area contributed by atoms with E-state index in [-0.39, 0.29) is 11.9 Å². The van der Waals surface area contributed by atoms with E-state index in [1.165, 1.54) is 0 Å². The molecular weight excluding hydrogens is 204 g/mol. The summed E-state index contributed by atoms with van der Waals surface area (Å²) >= 11 is 0. The minimum atomic E-state index is -0.0890. The van der Waals surface area contributed by atoms with E-state index >= 15 is 0 Å². The Hall–Kier alpha value is -1.36. The van der Waals surface area contributed by atoms with Crippen LogP contribution in [0, 0.1) is 0 Å². The number of hydrogen-bond donors (Lipinski definition) is 2. The lowest BCUT2D eigenvalue weighted by molar-refractivity contribution is 0.0950. The monoisotopic (exact) mass is 224 g/mol. The summed E-state index contributed by atoms with van der Waals surface area (Å²) in [4.78, 5) is 11.8. The molecule has 1 unspecified atom stereocenters. The van der Waals surface area contributed by atoms with Crippen LogP contribution >= 0.6 is 0 Å². The fourth-order valence-electron chi connectivity index (χ4n) is 1.45. The van der Waals surface area contributed by atoms with Crippen LogP contribution < -0.4 is 11.1 Å². The Balaban J connectivity index is 2.65. The van der Waals surface area contributed by atoms with E-state index in [1.807, 2.05) is 20.9 Å². The summed E-state index contributed by atoms with van der Waals surface area (Å²) in [6, 6.07) is 0.0192. The fourth-order valence-corrected chi connectivity index (χ4v) is 1.45. The summed E-state index contributed by atoms with van der Waals surface area (Å²) in [6.07, 6.45) is 3.35. The maximum absolute atomic E-state index is 11.8. The molecule has 1 aromatic rings. The van der Waals surface area contributed by atoms with Crippen LogP contribution in [0.3, 0.4) is 0 Å². The summed E-state index contributed by atoms with van der Waals surface area (Å²) in [7, 11) is 1.81. The Labute approximate surface area is 96.0 Å². The largest absolute Gasteiger partial charge is 0.350 e.